The van der Waals surface area contributed by atoms with Crippen molar-refractivity contribution in [3.05, 3.63) is 285 Å². The number of carboxylic acid groups (broad SMARTS) is 2. The second kappa shape index (κ2) is 44.7. The van der Waals surface area contributed by atoms with E-state index >= 15 is 0 Å². The topological polar surface area (TPSA) is 327 Å². The van der Waals surface area contributed by atoms with Crippen LogP contribution in [0.4, 0.5) is 46.0 Å². The molecule has 0 radical (unpaired) electrons. The molecular formula is C92H102ClMgN13O6. The van der Waals surface area contributed by atoms with Gasteiger partial charge in [-0.1, -0.05) is 180 Å². The van der Waals surface area contributed by atoms with Crippen LogP contribution in [0.3, 0.4) is 0 Å². The molecule has 12 aromatic rings. The van der Waals surface area contributed by atoms with Gasteiger partial charge in [0.2, 0.25) is 11.9 Å². The number of nitrogen functional groups attached to an aromatic ring is 3. The van der Waals surface area contributed by atoms with Gasteiger partial charge in [-0.3, -0.25) is 4.79 Å². The van der Waals surface area contributed by atoms with Gasteiger partial charge in [-0.2, -0.15) is 23.1 Å². The molecule has 4 aliphatic carbocycles. The molecule has 21 heteroatoms. The Hall–Kier alpha value is -11.2. The first kappa shape index (κ1) is 87.3. The van der Waals surface area contributed by atoms with Crippen LogP contribution in [0.2, 0.25) is 0 Å². The Morgan fingerprint density at radius 1 is 0.451 bits per heavy atom. The van der Waals surface area contributed by atoms with Crippen molar-refractivity contribution in [2.75, 3.05) is 33.2 Å². The molecule has 0 unspecified atom stereocenters. The summed E-state index contributed by atoms with van der Waals surface area (Å²) in [7, 11) is 0. The predicted molar refractivity (Wildman–Crippen MR) is 456 cm³/mol. The van der Waals surface area contributed by atoms with E-state index in [9.17, 15) is 19.2 Å². The Labute approximate surface area is 685 Å². The van der Waals surface area contributed by atoms with Crippen LogP contribution in [-0.2, 0) is 0 Å². The number of anilines is 8. The molecule has 0 saturated heterocycles. The van der Waals surface area contributed by atoms with E-state index in [1.807, 2.05) is 137 Å². The molecule has 4 aliphatic rings. The molecule has 19 nitrogen and oxygen atoms in total. The smallest absolute Gasteiger partial charge is 1.00 e. The fraction of sp³-hybridized carbons (Fsp3) is 0.293. The summed E-state index contributed by atoms with van der Waals surface area (Å²) >= 11 is 0. The third-order valence-electron chi connectivity index (χ3n) is 20.5. The number of aromatic carboxylic acids is 2. The average molecular weight is 1550 g/mol. The molecular weight excluding hydrogens is 1440 g/mol. The quantitative estimate of drug-likeness (QED) is 0.0330. The molecule has 9 aromatic carbocycles. The zero-order valence-electron chi connectivity index (χ0n) is 65.1. The zero-order valence-corrected chi connectivity index (χ0v) is 67.3. The van der Waals surface area contributed by atoms with Crippen molar-refractivity contribution < 1.29 is 37.0 Å². The van der Waals surface area contributed by atoms with E-state index in [1.54, 1.807) is 60.7 Å². The summed E-state index contributed by atoms with van der Waals surface area (Å²) in [5.74, 6) is 0.650. The molecule has 12 N–H and O–H groups in total. The van der Waals surface area contributed by atoms with E-state index in [1.165, 1.54) is 141 Å². The first-order valence-corrected chi connectivity index (χ1v) is 38.7. The minimum Gasteiger partial charge on any atom is -1.00 e. The predicted octanol–water partition coefficient (Wildman–Crippen LogP) is 18.2. The van der Waals surface area contributed by atoms with Gasteiger partial charge in [0.05, 0.1) is 44.6 Å². The van der Waals surface area contributed by atoms with Gasteiger partial charge in [-0.05, 0) is 198 Å². The van der Waals surface area contributed by atoms with Crippen LogP contribution in [0.1, 0.15) is 222 Å². The van der Waals surface area contributed by atoms with Crippen LogP contribution >= 0.6 is 0 Å². The number of H-pyrrole nitrogens is 1. The van der Waals surface area contributed by atoms with Gasteiger partial charge >= 0.3 is 40.7 Å². The Morgan fingerprint density at radius 3 is 1.25 bits per heavy atom. The number of rotatable bonds is 11. The van der Waals surface area contributed by atoms with Crippen LogP contribution in [0.15, 0.2) is 211 Å². The number of carboxylic acids is 2. The molecule has 3 aromatic heterocycles. The maximum atomic E-state index is 12.8. The number of nitrogens with one attached hydrogen (secondary N) is 4. The summed E-state index contributed by atoms with van der Waals surface area (Å²) in [6.45, 7) is 8.03. The van der Waals surface area contributed by atoms with E-state index in [-0.39, 0.29) is 58.2 Å². The van der Waals surface area contributed by atoms with Crippen molar-refractivity contribution in [3.63, 3.8) is 0 Å². The Kier molecular flexibility index (Phi) is 34.6. The number of nitriles is 1. The monoisotopic (exact) mass is 1540 g/mol. The van der Waals surface area contributed by atoms with Crippen molar-refractivity contribution in [1.82, 2.24) is 29.9 Å². The van der Waals surface area contributed by atoms with Crippen molar-refractivity contribution in [2.45, 2.75) is 174 Å². The van der Waals surface area contributed by atoms with Crippen LogP contribution in [-0.4, -0.2) is 81.0 Å². The number of fused-ring (bicyclic) bond motifs is 3. The maximum absolute atomic E-state index is 12.8. The van der Waals surface area contributed by atoms with E-state index in [0.29, 0.717) is 52.2 Å². The number of aromatic amines is 1. The number of hydrogen-bond donors (Lipinski definition) is 9. The van der Waals surface area contributed by atoms with Gasteiger partial charge in [0, 0.05) is 73.4 Å². The average Bonchev–Trinajstić information content (AvgIpc) is 0.783. The van der Waals surface area contributed by atoms with Crippen molar-refractivity contribution in [3.8, 4) is 6.07 Å². The number of carbonyl (C=O) groups is 3. The largest absolute Gasteiger partial charge is 2.00 e. The molecule has 1 amide bonds. The minimum absolute atomic E-state index is 0. The third-order valence-corrected chi connectivity index (χ3v) is 20.5. The summed E-state index contributed by atoms with van der Waals surface area (Å²) in [6, 6.07) is 65.5. The van der Waals surface area contributed by atoms with Gasteiger partial charge in [0.15, 0.2) is 0 Å². The zero-order chi connectivity index (χ0) is 78.4. The van der Waals surface area contributed by atoms with Gasteiger partial charge in [0.1, 0.15) is 6.07 Å². The summed E-state index contributed by atoms with van der Waals surface area (Å²) in [5, 5.41) is 38.9. The number of para-hydroxylation sites is 6. The molecule has 4 fully saturated rings. The number of halogens is 1. The summed E-state index contributed by atoms with van der Waals surface area (Å²) in [5.41, 5.74) is 32.9. The molecule has 0 atom stereocenters. The Morgan fingerprint density at radius 2 is 0.841 bits per heavy atom. The molecule has 580 valence electrons. The van der Waals surface area contributed by atoms with Crippen LogP contribution < -0.4 is 51.2 Å². The summed E-state index contributed by atoms with van der Waals surface area (Å²) < 4.78 is 0. The fourth-order valence-corrected chi connectivity index (χ4v) is 14.3. The molecule has 0 bridgehead atoms. The van der Waals surface area contributed by atoms with E-state index in [2.05, 4.69) is 67.7 Å². The number of nitrogens with two attached hydrogens (primary N) is 3. The SMILES string of the molecule is Cc1cccc(C)c1N.Cc1cccc(C)c1NC(=O)c1ccc(Nc2nc(C3CCCCC3)c3ccccc3n2)cc1.N#Cc1ccccc1N.Nc1ccc(C(=O)O)cc1.O=C(O)c1ccc(Nc2nc(C3CCCCC3)c3ccccc3n2)cc1.O=c1nc2ccccc2c(C2CCCCC2)[nH]1.[CH-]1CCCCC1.[Cl-].[Mg+2]. The van der Waals surface area contributed by atoms with Crippen molar-refractivity contribution >= 4 is 120 Å². The number of aryl methyl sites for hydroxylation is 4. The van der Waals surface area contributed by atoms with Crippen LogP contribution in [0.5, 0.6) is 0 Å². The number of aromatic nitrogens is 6. The second-order valence-electron chi connectivity index (χ2n) is 28.7. The number of carbonyl (C=O) groups excluding carboxylic acids is 1. The van der Waals surface area contributed by atoms with Gasteiger partial charge in [-0.15, -0.1) is 0 Å². The summed E-state index contributed by atoms with van der Waals surface area (Å²) in [6.07, 6.45) is 28.1. The number of benzene rings is 9. The number of nitrogens with zero attached hydrogens (tertiary/aromatic N) is 6. The van der Waals surface area contributed by atoms with E-state index in [4.69, 9.17) is 47.6 Å². The van der Waals surface area contributed by atoms with Gasteiger partial charge < -0.3 is 67.2 Å². The van der Waals surface area contributed by atoms with Gasteiger partial charge in [0.25, 0.3) is 5.91 Å². The molecule has 113 heavy (non-hydrogen) atoms. The fourth-order valence-electron chi connectivity index (χ4n) is 14.3. The molecule has 16 rings (SSSR count). The standard InChI is InChI=1S/C29H30N4O.C21H21N3O2.C14H16N2O.C8H11N.C7H6N2.C7H7NO2.C6H11.ClH.Mg/c1-19-9-8-10-20(2)26(19)32-28(34)22-15-17-23(18-16-22)30-29-31-25-14-7-6-13-24(25)27(33-29)21-11-4-3-5-12-21;25-20(26)15-10-12-16(13-11-15)22-21-23-18-9-5-4-8-17(18)19(24-21)14-6-2-1-3-7-14;17-14-15-12-9-5-4-8-11(12)13(16-14)10-6-2-1-3-7-10;1-6-4-3-5-7(2)8(6)9;8-5-6-3-1-2-4-7(6)9;8-6-3-1-5(2-4-6)7(9)10;1-2-4-6-5-3-1;;/h6-10,13-18,21H,3-5,11-12H2,1-2H3,(H,32,34)(H,30,31,33);4-5,8-14H,1-3,6-7H2,(H,25,26)(H,22,23,24);4-5,8-10H,1-3,6-7H2,(H,15,16,17);3-5H,9H2,1-2H3;1-4H,9H2;1-4H,8H2,(H,9,10);1H,2-6H2;1H;/q;;;;;;-1;;+2/p-1. The summed E-state index contributed by atoms with van der Waals surface area (Å²) in [4.78, 5) is 71.8. The normalized spacial score (nSPS) is 13.9. The van der Waals surface area contributed by atoms with Crippen LogP contribution in [0, 0.1) is 45.4 Å². The molecule has 4 saturated carbocycles. The molecule has 3 heterocycles. The van der Waals surface area contributed by atoms with Gasteiger partial charge in [-0.25, -0.2) is 34.3 Å². The third kappa shape index (κ3) is 25.9. The Balaban J connectivity index is 0.000000178. The van der Waals surface area contributed by atoms with Crippen molar-refractivity contribution in [1.29, 1.82) is 5.26 Å². The number of hydrogen-bond acceptors (Lipinski definition) is 15. The molecule has 0 aliphatic heterocycles. The van der Waals surface area contributed by atoms with Crippen molar-refractivity contribution in [2.24, 2.45) is 0 Å². The Bertz CT molecular complexity index is 5120. The van der Waals surface area contributed by atoms with Crippen LogP contribution in [0.25, 0.3) is 32.7 Å². The first-order chi connectivity index (χ1) is 53.9. The maximum Gasteiger partial charge on any atom is 2.00 e. The number of amides is 1. The van der Waals surface area contributed by atoms with E-state index in [0.717, 1.165) is 94.8 Å². The van der Waals surface area contributed by atoms with E-state index < -0.39 is 11.9 Å². The first-order valence-electron chi connectivity index (χ1n) is 38.7. The molecule has 0 spiro atoms. The minimum atomic E-state index is -0.932. The second-order valence-corrected chi connectivity index (χ2v) is 28.7.